The first-order valence-electron chi connectivity index (χ1n) is 11.5. The third kappa shape index (κ3) is 6.06. The molecule has 0 aliphatic heterocycles. The minimum Gasteiger partial charge on any atom is -0.241 e. The second-order valence-corrected chi connectivity index (χ2v) is 9.27. The molecule has 2 aliphatic carbocycles. The van der Waals surface area contributed by atoms with Crippen LogP contribution in [0.25, 0.3) is 0 Å². The summed E-state index contributed by atoms with van der Waals surface area (Å²) in [5.74, 6) is 5.11. The molecule has 0 unspecified atom stereocenters. The molecule has 2 heteroatoms. The molecular weight excluding hydrogens is 316 g/mol. The molecule has 26 heavy (non-hydrogen) atoms. The number of unbranched alkanes of at least 4 members (excludes halogenated alkanes) is 2. The first kappa shape index (κ1) is 19.8. The van der Waals surface area contributed by atoms with Gasteiger partial charge in [-0.2, -0.15) is 0 Å². The minimum absolute atomic E-state index is 0.918. The zero-order valence-corrected chi connectivity index (χ0v) is 17.3. The van der Waals surface area contributed by atoms with Crippen molar-refractivity contribution >= 4 is 0 Å². The Kier molecular flexibility index (Phi) is 7.95. The molecule has 0 aromatic carbocycles. The molecule has 0 N–H and O–H groups in total. The molecule has 0 atom stereocenters. The summed E-state index contributed by atoms with van der Waals surface area (Å²) in [6.45, 7) is 4.38. The van der Waals surface area contributed by atoms with Gasteiger partial charge in [0.2, 0.25) is 0 Å². The lowest BCUT2D eigenvalue weighted by Gasteiger charge is -2.38. The van der Waals surface area contributed by atoms with Gasteiger partial charge in [0, 0.05) is 18.8 Å². The number of rotatable bonds is 8. The van der Waals surface area contributed by atoms with Crippen LogP contribution in [0.3, 0.4) is 0 Å². The fourth-order valence-corrected chi connectivity index (χ4v) is 5.46. The second-order valence-electron chi connectivity index (χ2n) is 9.27. The molecule has 1 heterocycles. The quantitative estimate of drug-likeness (QED) is 0.473. The number of nitrogens with zero attached hydrogens (tertiary/aromatic N) is 2. The lowest BCUT2D eigenvalue weighted by molar-refractivity contribution is 0.140. The summed E-state index contributed by atoms with van der Waals surface area (Å²) in [6, 6.07) is 0. The van der Waals surface area contributed by atoms with Crippen molar-refractivity contribution < 1.29 is 0 Å². The Morgan fingerprint density at radius 2 is 1.31 bits per heavy atom. The number of aryl methyl sites for hydroxylation is 2. The van der Waals surface area contributed by atoms with Gasteiger partial charge in [0.15, 0.2) is 0 Å². The molecule has 0 bridgehead atoms. The van der Waals surface area contributed by atoms with Crippen molar-refractivity contribution in [3.63, 3.8) is 0 Å². The Morgan fingerprint density at radius 3 is 1.85 bits per heavy atom. The number of hydrogen-bond donors (Lipinski definition) is 0. The van der Waals surface area contributed by atoms with Crippen molar-refractivity contribution in [2.45, 2.75) is 104 Å². The van der Waals surface area contributed by atoms with Gasteiger partial charge in [0.1, 0.15) is 5.82 Å². The van der Waals surface area contributed by atoms with Gasteiger partial charge in [-0.1, -0.05) is 58.3 Å². The summed E-state index contributed by atoms with van der Waals surface area (Å²) < 4.78 is 0. The second kappa shape index (κ2) is 10.4. The van der Waals surface area contributed by atoms with E-state index in [1.54, 1.807) is 0 Å². The molecule has 2 nitrogen and oxygen atoms in total. The van der Waals surface area contributed by atoms with E-state index in [1.165, 1.54) is 83.5 Å². The SMILES string of the molecule is CCCCCC1CCC(C2CCC(CCc3ncc(C)cn3)CC2)CC1. The van der Waals surface area contributed by atoms with Crippen LogP contribution in [0.2, 0.25) is 0 Å². The highest BCUT2D eigenvalue weighted by atomic mass is 14.9. The Bertz CT molecular complexity index is 493. The van der Waals surface area contributed by atoms with Gasteiger partial charge in [-0.05, 0) is 68.3 Å². The Morgan fingerprint density at radius 1 is 0.769 bits per heavy atom. The molecule has 1 aromatic heterocycles. The summed E-state index contributed by atoms with van der Waals surface area (Å²) in [4.78, 5) is 8.95. The first-order chi connectivity index (χ1) is 12.7. The van der Waals surface area contributed by atoms with Crippen molar-refractivity contribution in [1.82, 2.24) is 9.97 Å². The maximum Gasteiger partial charge on any atom is 0.128 e. The molecule has 2 saturated carbocycles. The number of hydrogen-bond acceptors (Lipinski definition) is 2. The van der Waals surface area contributed by atoms with E-state index in [9.17, 15) is 0 Å². The average Bonchev–Trinajstić information content (AvgIpc) is 2.69. The molecule has 2 aliphatic rings. The molecule has 146 valence electrons. The van der Waals surface area contributed by atoms with Crippen LogP contribution in [0.15, 0.2) is 12.4 Å². The van der Waals surface area contributed by atoms with Gasteiger partial charge in [-0.25, -0.2) is 9.97 Å². The fourth-order valence-electron chi connectivity index (χ4n) is 5.46. The predicted molar refractivity (Wildman–Crippen MR) is 110 cm³/mol. The van der Waals surface area contributed by atoms with E-state index in [-0.39, 0.29) is 0 Å². The lowest BCUT2D eigenvalue weighted by Crippen LogP contribution is -2.26. The largest absolute Gasteiger partial charge is 0.241 e. The van der Waals surface area contributed by atoms with E-state index in [4.69, 9.17) is 0 Å². The maximum atomic E-state index is 4.47. The summed E-state index contributed by atoms with van der Waals surface area (Å²) in [7, 11) is 0. The molecule has 3 rings (SSSR count). The third-order valence-electron chi connectivity index (χ3n) is 7.28. The summed E-state index contributed by atoms with van der Waals surface area (Å²) in [6.07, 6.45) is 24.1. The van der Waals surface area contributed by atoms with E-state index >= 15 is 0 Å². The average molecular weight is 357 g/mol. The predicted octanol–water partition coefficient (Wildman–Crippen LogP) is 6.91. The monoisotopic (exact) mass is 356 g/mol. The zero-order valence-electron chi connectivity index (χ0n) is 17.3. The van der Waals surface area contributed by atoms with Crippen LogP contribution < -0.4 is 0 Å². The van der Waals surface area contributed by atoms with E-state index in [2.05, 4.69) is 23.8 Å². The highest BCUT2D eigenvalue weighted by molar-refractivity contribution is 5.02. The number of aromatic nitrogens is 2. The maximum absolute atomic E-state index is 4.47. The zero-order chi connectivity index (χ0) is 18.2. The van der Waals surface area contributed by atoms with Crippen molar-refractivity contribution in [1.29, 1.82) is 0 Å². The van der Waals surface area contributed by atoms with Crippen LogP contribution in [0.4, 0.5) is 0 Å². The normalized spacial score (nSPS) is 29.6. The van der Waals surface area contributed by atoms with Gasteiger partial charge in [-0.3, -0.25) is 0 Å². The molecule has 0 amide bonds. The van der Waals surface area contributed by atoms with Crippen molar-refractivity contribution in [2.24, 2.45) is 23.7 Å². The van der Waals surface area contributed by atoms with Crippen LogP contribution in [-0.4, -0.2) is 9.97 Å². The van der Waals surface area contributed by atoms with Crippen LogP contribution in [0.1, 0.15) is 102 Å². The van der Waals surface area contributed by atoms with Crippen molar-refractivity contribution in [2.75, 3.05) is 0 Å². The minimum atomic E-state index is 0.918. The van der Waals surface area contributed by atoms with Crippen LogP contribution in [-0.2, 0) is 6.42 Å². The van der Waals surface area contributed by atoms with E-state index in [0.717, 1.165) is 41.5 Å². The van der Waals surface area contributed by atoms with Crippen LogP contribution in [0.5, 0.6) is 0 Å². The van der Waals surface area contributed by atoms with Crippen molar-refractivity contribution in [3.05, 3.63) is 23.8 Å². The van der Waals surface area contributed by atoms with Gasteiger partial charge in [-0.15, -0.1) is 0 Å². The molecule has 0 radical (unpaired) electrons. The van der Waals surface area contributed by atoms with Crippen LogP contribution >= 0.6 is 0 Å². The molecule has 0 saturated heterocycles. The highest BCUT2D eigenvalue weighted by Crippen LogP contribution is 2.43. The summed E-state index contributed by atoms with van der Waals surface area (Å²) in [5.41, 5.74) is 1.16. The molecular formula is C24H40N2. The van der Waals surface area contributed by atoms with Gasteiger partial charge in [0.25, 0.3) is 0 Å². The van der Waals surface area contributed by atoms with E-state index in [0.29, 0.717) is 0 Å². The topological polar surface area (TPSA) is 25.8 Å². The Hall–Kier alpha value is -0.920. The molecule has 0 spiro atoms. The van der Waals surface area contributed by atoms with Gasteiger partial charge < -0.3 is 0 Å². The first-order valence-corrected chi connectivity index (χ1v) is 11.5. The summed E-state index contributed by atoms with van der Waals surface area (Å²) >= 11 is 0. The highest BCUT2D eigenvalue weighted by Gasteiger charge is 2.30. The molecule has 1 aromatic rings. The van der Waals surface area contributed by atoms with Gasteiger partial charge >= 0.3 is 0 Å². The Labute approximate surface area is 161 Å². The Balaban J connectivity index is 1.32. The van der Waals surface area contributed by atoms with Gasteiger partial charge in [0.05, 0.1) is 0 Å². The van der Waals surface area contributed by atoms with Crippen molar-refractivity contribution in [3.8, 4) is 0 Å². The summed E-state index contributed by atoms with van der Waals surface area (Å²) in [5, 5.41) is 0. The molecule has 2 fully saturated rings. The smallest absolute Gasteiger partial charge is 0.128 e. The van der Waals surface area contributed by atoms with E-state index < -0.39 is 0 Å². The third-order valence-corrected chi connectivity index (χ3v) is 7.28. The van der Waals surface area contributed by atoms with Crippen LogP contribution in [0, 0.1) is 30.6 Å². The fraction of sp³-hybridized carbons (Fsp3) is 0.833. The lowest BCUT2D eigenvalue weighted by atomic mass is 9.68. The van der Waals surface area contributed by atoms with E-state index in [1.807, 2.05) is 12.4 Å². The standard InChI is InChI=1S/C24H40N2/c1-3-4-5-6-20-7-12-22(13-8-20)23-14-9-21(10-15-23)11-16-24-25-17-19(2)18-26-24/h17-18,20-23H,3-16H2,1-2H3.